The first-order valence-electron chi connectivity index (χ1n) is 8.10. The monoisotopic (exact) mass is 285 g/mol. The fraction of sp³-hybridized carbons (Fsp3) is 0.938. The average Bonchev–Trinajstić information content (AvgIpc) is 2.95. The summed E-state index contributed by atoms with van der Waals surface area (Å²) in [6.45, 7) is 2.93. The minimum absolute atomic E-state index is 0.0521. The Labute approximate surface area is 122 Å². The van der Waals surface area contributed by atoms with E-state index in [4.69, 9.17) is 11.6 Å². The number of nitrogens with zero attached hydrogens (tertiary/aromatic N) is 1. The van der Waals surface area contributed by atoms with Crippen LogP contribution in [-0.2, 0) is 4.79 Å². The van der Waals surface area contributed by atoms with E-state index in [9.17, 15) is 4.79 Å². The molecular weight excluding hydrogens is 258 g/mol. The van der Waals surface area contributed by atoms with Crippen LogP contribution in [0.2, 0.25) is 0 Å². The predicted molar refractivity (Wildman–Crippen MR) is 80.5 cm³/mol. The van der Waals surface area contributed by atoms with E-state index in [1.54, 1.807) is 0 Å². The summed E-state index contributed by atoms with van der Waals surface area (Å²) >= 11 is 5.96. The van der Waals surface area contributed by atoms with Crippen LogP contribution < -0.4 is 0 Å². The van der Waals surface area contributed by atoms with E-state index < -0.39 is 0 Å². The Morgan fingerprint density at radius 2 is 1.79 bits per heavy atom. The van der Waals surface area contributed by atoms with Crippen molar-refractivity contribution in [2.75, 3.05) is 12.4 Å². The van der Waals surface area contributed by atoms with Gasteiger partial charge in [-0.25, -0.2) is 0 Å². The van der Waals surface area contributed by atoms with Gasteiger partial charge in [0.15, 0.2) is 0 Å². The van der Waals surface area contributed by atoms with Crippen molar-refractivity contribution >= 4 is 17.5 Å². The third kappa shape index (κ3) is 3.26. The van der Waals surface area contributed by atoms with Gasteiger partial charge in [-0.2, -0.15) is 0 Å². The summed E-state index contributed by atoms with van der Waals surface area (Å²) in [4.78, 5) is 15.2. The quantitative estimate of drug-likeness (QED) is 0.688. The number of amides is 1. The maximum atomic E-state index is 13.1. The van der Waals surface area contributed by atoms with Crippen molar-refractivity contribution in [1.29, 1.82) is 0 Å². The fourth-order valence-corrected chi connectivity index (χ4v) is 4.19. The number of alkyl halides is 1. The van der Waals surface area contributed by atoms with Crippen molar-refractivity contribution in [3.05, 3.63) is 0 Å². The smallest absolute Gasteiger partial charge is 0.229 e. The van der Waals surface area contributed by atoms with Crippen LogP contribution in [0.15, 0.2) is 0 Å². The zero-order chi connectivity index (χ0) is 13.7. The number of halogens is 1. The van der Waals surface area contributed by atoms with Gasteiger partial charge in [0.25, 0.3) is 0 Å². The van der Waals surface area contributed by atoms with Crippen molar-refractivity contribution in [3.63, 3.8) is 0 Å². The molecule has 0 aromatic carbocycles. The summed E-state index contributed by atoms with van der Waals surface area (Å²) in [5.74, 6) is 0.988. The second-order valence-electron chi connectivity index (χ2n) is 6.32. The molecule has 0 radical (unpaired) electrons. The Bertz CT molecular complexity index is 293. The van der Waals surface area contributed by atoms with Crippen LogP contribution in [0.1, 0.15) is 71.1 Å². The van der Waals surface area contributed by atoms with Crippen LogP contribution in [0.25, 0.3) is 0 Å². The third-order valence-corrected chi connectivity index (χ3v) is 5.46. The number of hydrogen-bond acceptors (Lipinski definition) is 1. The van der Waals surface area contributed by atoms with E-state index in [0.717, 1.165) is 25.8 Å². The molecule has 19 heavy (non-hydrogen) atoms. The van der Waals surface area contributed by atoms with Crippen molar-refractivity contribution in [2.45, 2.75) is 77.2 Å². The van der Waals surface area contributed by atoms with E-state index in [1.807, 2.05) is 0 Å². The Balaban J connectivity index is 2.10. The minimum atomic E-state index is -0.0521. The highest BCUT2D eigenvalue weighted by Gasteiger charge is 2.43. The van der Waals surface area contributed by atoms with Gasteiger partial charge in [0, 0.05) is 23.9 Å². The zero-order valence-corrected chi connectivity index (χ0v) is 13.1. The molecule has 0 aromatic rings. The van der Waals surface area contributed by atoms with Gasteiger partial charge in [-0.1, -0.05) is 39.0 Å². The molecule has 1 amide bonds. The fourth-order valence-electron chi connectivity index (χ4n) is 4.01. The average molecular weight is 286 g/mol. The van der Waals surface area contributed by atoms with Gasteiger partial charge in [0.05, 0.1) is 0 Å². The SMILES string of the molecule is CCC1(C(=O)N(CCCl)C2CCCCC2)CCCC1. The molecule has 0 unspecified atom stereocenters. The lowest BCUT2D eigenvalue weighted by molar-refractivity contribution is -0.145. The van der Waals surface area contributed by atoms with Crippen molar-refractivity contribution in [3.8, 4) is 0 Å². The summed E-state index contributed by atoms with van der Waals surface area (Å²) < 4.78 is 0. The van der Waals surface area contributed by atoms with Gasteiger partial charge in [-0.3, -0.25) is 4.79 Å². The van der Waals surface area contributed by atoms with E-state index in [0.29, 0.717) is 17.8 Å². The number of rotatable bonds is 5. The van der Waals surface area contributed by atoms with Gasteiger partial charge in [0.1, 0.15) is 0 Å². The molecule has 2 aliphatic carbocycles. The van der Waals surface area contributed by atoms with Gasteiger partial charge < -0.3 is 4.90 Å². The summed E-state index contributed by atoms with van der Waals surface area (Å²) in [5, 5.41) is 0. The molecule has 0 bridgehead atoms. The van der Waals surface area contributed by atoms with Gasteiger partial charge in [0.2, 0.25) is 5.91 Å². The topological polar surface area (TPSA) is 20.3 Å². The molecule has 3 heteroatoms. The molecule has 110 valence electrons. The lowest BCUT2D eigenvalue weighted by Gasteiger charge is -2.40. The van der Waals surface area contributed by atoms with Crippen LogP contribution in [-0.4, -0.2) is 29.3 Å². The summed E-state index contributed by atoms with van der Waals surface area (Å²) in [6, 6.07) is 0.462. The summed E-state index contributed by atoms with van der Waals surface area (Å²) in [6.07, 6.45) is 11.9. The Hall–Kier alpha value is -0.240. The first kappa shape index (κ1) is 15.2. The Kier molecular flexibility index (Phi) is 5.56. The van der Waals surface area contributed by atoms with Crippen LogP contribution in [0, 0.1) is 5.41 Å². The molecule has 0 N–H and O–H groups in total. The van der Waals surface area contributed by atoms with Gasteiger partial charge in [-0.15, -0.1) is 11.6 Å². The molecule has 0 saturated heterocycles. The molecule has 2 saturated carbocycles. The second-order valence-corrected chi connectivity index (χ2v) is 6.70. The molecule has 0 heterocycles. The van der Waals surface area contributed by atoms with Gasteiger partial charge >= 0.3 is 0 Å². The van der Waals surface area contributed by atoms with E-state index >= 15 is 0 Å². The molecule has 2 rings (SSSR count). The molecule has 2 fully saturated rings. The highest BCUT2D eigenvalue weighted by atomic mass is 35.5. The van der Waals surface area contributed by atoms with Gasteiger partial charge in [-0.05, 0) is 32.1 Å². The van der Waals surface area contributed by atoms with E-state index in [2.05, 4.69) is 11.8 Å². The molecule has 0 spiro atoms. The van der Waals surface area contributed by atoms with E-state index in [1.165, 1.54) is 44.9 Å². The van der Waals surface area contributed by atoms with Crippen molar-refractivity contribution in [1.82, 2.24) is 4.90 Å². The van der Waals surface area contributed by atoms with Crippen molar-refractivity contribution < 1.29 is 4.79 Å². The molecule has 0 aromatic heterocycles. The maximum absolute atomic E-state index is 13.1. The predicted octanol–water partition coefficient (Wildman–Crippen LogP) is 4.36. The zero-order valence-electron chi connectivity index (χ0n) is 12.3. The highest BCUT2D eigenvalue weighted by molar-refractivity contribution is 6.18. The molecule has 0 aliphatic heterocycles. The largest absolute Gasteiger partial charge is 0.338 e. The van der Waals surface area contributed by atoms with Crippen LogP contribution in [0.5, 0.6) is 0 Å². The van der Waals surface area contributed by atoms with Crippen LogP contribution >= 0.6 is 11.6 Å². The highest BCUT2D eigenvalue weighted by Crippen LogP contribution is 2.43. The van der Waals surface area contributed by atoms with E-state index in [-0.39, 0.29) is 5.41 Å². The number of carbonyl (C=O) groups is 1. The first-order chi connectivity index (χ1) is 9.23. The molecular formula is C16H28ClNO. The molecule has 2 aliphatic rings. The number of carbonyl (C=O) groups excluding carboxylic acids is 1. The Morgan fingerprint density at radius 1 is 1.16 bits per heavy atom. The van der Waals surface area contributed by atoms with Crippen molar-refractivity contribution in [2.24, 2.45) is 5.41 Å². The molecule has 0 atom stereocenters. The second kappa shape index (κ2) is 6.97. The lowest BCUT2D eigenvalue weighted by Crippen LogP contribution is -2.49. The normalized spacial score (nSPS) is 23.5. The lowest BCUT2D eigenvalue weighted by atomic mass is 9.80. The number of hydrogen-bond donors (Lipinski definition) is 0. The minimum Gasteiger partial charge on any atom is -0.338 e. The summed E-state index contributed by atoms with van der Waals surface area (Å²) in [7, 11) is 0. The molecule has 2 nitrogen and oxygen atoms in total. The standard InChI is InChI=1S/C16H28ClNO/c1-2-16(10-6-7-11-16)15(19)18(13-12-17)14-8-4-3-5-9-14/h14H,2-13H2,1H3. The first-order valence-corrected chi connectivity index (χ1v) is 8.64. The third-order valence-electron chi connectivity index (χ3n) is 5.29. The summed E-state index contributed by atoms with van der Waals surface area (Å²) in [5.41, 5.74) is -0.0521. The van der Waals surface area contributed by atoms with Crippen LogP contribution in [0.4, 0.5) is 0 Å². The Morgan fingerprint density at radius 3 is 2.32 bits per heavy atom. The van der Waals surface area contributed by atoms with Crippen LogP contribution in [0.3, 0.4) is 0 Å². The maximum Gasteiger partial charge on any atom is 0.229 e.